The molecule has 3 rings (SSSR count). The summed E-state index contributed by atoms with van der Waals surface area (Å²) < 4.78 is -1.92. The fourth-order valence-corrected chi connectivity index (χ4v) is 5.15. The molecule has 0 saturated carbocycles. The Morgan fingerprint density at radius 2 is 1.89 bits per heavy atom. The van der Waals surface area contributed by atoms with E-state index in [9.17, 15) is 10.1 Å². The van der Waals surface area contributed by atoms with Crippen LogP contribution >= 0.6 is 71.7 Å². The van der Waals surface area contributed by atoms with E-state index in [4.69, 9.17) is 46.4 Å². The molecule has 0 spiro atoms. The number of hydrogen-bond acceptors (Lipinski definition) is 6. The SMILES string of the molecule is O=[N+]([O-])c1c(-c2ccc(Cl)cc2C2NC=CCN2)cc(S)c(C(Cl)(Cl)Cl)c1S. The Balaban J connectivity index is 2.30. The molecule has 148 valence electrons. The van der Waals surface area contributed by atoms with Gasteiger partial charge in [0.05, 0.1) is 15.4 Å². The van der Waals surface area contributed by atoms with Gasteiger partial charge in [-0.05, 0) is 35.5 Å². The molecule has 0 saturated heterocycles. The van der Waals surface area contributed by atoms with Crippen molar-refractivity contribution in [2.75, 3.05) is 6.54 Å². The van der Waals surface area contributed by atoms with Crippen LogP contribution in [0.5, 0.6) is 0 Å². The van der Waals surface area contributed by atoms with Crippen LogP contribution in [0.25, 0.3) is 11.1 Å². The van der Waals surface area contributed by atoms with E-state index >= 15 is 0 Å². The van der Waals surface area contributed by atoms with Crippen LogP contribution in [0.2, 0.25) is 5.02 Å². The number of rotatable bonds is 3. The molecule has 1 atom stereocenters. The maximum Gasteiger partial charge on any atom is 0.290 e. The Morgan fingerprint density at radius 3 is 2.46 bits per heavy atom. The topological polar surface area (TPSA) is 67.2 Å². The van der Waals surface area contributed by atoms with Crippen molar-refractivity contribution in [3.63, 3.8) is 0 Å². The highest BCUT2D eigenvalue weighted by Crippen LogP contribution is 2.50. The molecular weight excluding hydrogens is 484 g/mol. The van der Waals surface area contributed by atoms with Crippen molar-refractivity contribution in [2.45, 2.75) is 19.7 Å². The minimum absolute atomic E-state index is 0.0481. The van der Waals surface area contributed by atoms with Crippen LogP contribution in [-0.2, 0) is 3.79 Å². The van der Waals surface area contributed by atoms with Gasteiger partial charge in [-0.25, -0.2) is 0 Å². The minimum atomic E-state index is -1.92. The molecule has 5 nitrogen and oxygen atoms in total. The van der Waals surface area contributed by atoms with Gasteiger partial charge in [0, 0.05) is 22.0 Å². The van der Waals surface area contributed by atoms with E-state index in [1.807, 2.05) is 6.08 Å². The second kappa shape index (κ2) is 8.52. The molecule has 11 heteroatoms. The summed E-state index contributed by atoms with van der Waals surface area (Å²) in [6.07, 6.45) is 3.43. The summed E-state index contributed by atoms with van der Waals surface area (Å²) in [6.45, 7) is 0.632. The molecule has 0 bridgehead atoms. The molecule has 1 heterocycles. The molecule has 0 aromatic heterocycles. The number of thiol groups is 2. The summed E-state index contributed by atoms with van der Waals surface area (Å²) in [5.74, 6) is 0. The third-order valence-electron chi connectivity index (χ3n) is 4.15. The highest BCUT2D eigenvalue weighted by molar-refractivity contribution is 7.81. The van der Waals surface area contributed by atoms with E-state index in [0.717, 1.165) is 5.56 Å². The van der Waals surface area contributed by atoms with E-state index < -0.39 is 8.72 Å². The summed E-state index contributed by atoms with van der Waals surface area (Å²) in [5, 5.41) is 18.8. The predicted octanol–water partition coefficient (Wildman–Crippen LogP) is 6.02. The molecular formula is C17H13Cl4N3O2S2. The van der Waals surface area contributed by atoms with Gasteiger partial charge in [-0.1, -0.05) is 58.5 Å². The second-order valence-electron chi connectivity index (χ2n) is 5.91. The van der Waals surface area contributed by atoms with Crippen molar-refractivity contribution in [1.82, 2.24) is 10.6 Å². The highest BCUT2D eigenvalue weighted by Gasteiger charge is 2.35. The molecule has 1 aliphatic heterocycles. The van der Waals surface area contributed by atoms with Crippen molar-refractivity contribution >= 4 is 77.3 Å². The first-order valence-corrected chi connectivity index (χ1v) is 10.3. The number of nitrogens with zero attached hydrogens (tertiary/aromatic N) is 1. The summed E-state index contributed by atoms with van der Waals surface area (Å²) in [5.41, 5.74) is 1.37. The van der Waals surface area contributed by atoms with Crippen molar-refractivity contribution in [2.24, 2.45) is 0 Å². The molecule has 1 aliphatic rings. The Labute approximate surface area is 192 Å². The lowest BCUT2D eigenvalue weighted by Crippen LogP contribution is -2.35. The fraction of sp³-hybridized carbons (Fsp3) is 0.176. The van der Waals surface area contributed by atoms with Gasteiger partial charge >= 0.3 is 0 Å². The highest BCUT2D eigenvalue weighted by atomic mass is 35.6. The van der Waals surface area contributed by atoms with Crippen molar-refractivity contribution in [3.8, 4) is 11.1 Å². The normalized spacial score (nSPS) is 16.7. The zero-order chi connectivity index (χ0) is 20.6. The van der Waals surface area contributed by atoms with Crippen LogP contribution in [0, 0.1) is 10.1 Å². The minimum Gasteiger partial charge on any atom is -0.372 e. The predicted molar refractivity (Wildman–Crippen MR) is 120 cm³/mol. The van der Waals surface area contributed by atoms with Gasteiger partial charge in [0.15, 0.2) is 0 Å². The van der Waals surface area contributed by atoms with Crippen LogP contribution in [0.15, 0.2) is 46.3 Å². The van der Waals surface area contributed by atoms with Gasteiger partial charge in [-0.2, -0.15) is 0 Å². The number of benzene rings is 2. The molecule has 0 radical (unpaired) electrons. The third-order valence-corrected chi connectivity index (χ3v) is 5.74. The Morgan fingerprint density at radius 1 is 1.18 bits per heavy atom. The first kappa shape index (κ1) is 21.9. The van der Waals surface area contributed by atoms with Crippen LogP contribution in [-0.4, -0.2) is 11.5 Å². The molecule has 2 aromatic rings. The van der Waals surface area contributed by atoms with Gasteiger partial charge in [-0.3, -0.25) is 15.4 Å². The lowest BCUT2D eigenvalue weighted by molar-refractivity contribution is -0.387. The zero-order valence-corrected chi connectivity index (χ0v) is 18.7. The number of nitro benzene ring substituents is 1. The quantitative estimate of drug-likeness (QED) is 0.181. The van der Waals surface area contributed by atoms with Gasteiger partial charge in [0.2, 0.25) is 3.79 Å². The largest absolute Gasteiger partial charge is 0.372 e. The van der Waals surface area contributed by atoms with Crippen LogP contribution in [0.3, 0.4) is 0 Å². The van der Waals surface area contributed by atoms with Gasteiger partial charge in [0.1, 0.15) is 6.17 Å². The molecule has 0 aliphatic carbocycles. The lowest BCUT2D eigenvalue weighted by atomic mass is 9.95. The van der Waals surface area contributed by atoms with E-state index in [0.29, 0.717) is 22.7 Å². The number of hydrogen-bond donors (Lipinski definition) is 4. The summed E-state index contributed by atoms with van der Waals surface area (Å²) in [7, 11) is 0. The number of alkyl halides is 3. The van der Waals surface area contributed by atoms with E-state index in [2.05, 4.69) is 35.9 Å². The molecule has 1 unspecified atom stereocenters. The third kappa shape index (κ3) is 4.36. The van der Waals surface area contributed by atoms with E-state index in [-0.39, 0.29) is 27.2 Å². The number of halogens is 4. The van der Waals surface area contributed by atoms with Crippen LogP contribution in [0.4, 0.5) is 5.69 Å². The maximum atomic E-state index is 11.9. The summed E-state index contributed by atoms with van der Waals surface area (Å²) in [6, 6.07) is 6.60. The van der Waals surface area contributed by atoms with Crippen molar-refractivity contribution < 1.29 is 4.92 Å². The average Bonchev–Trinajstić information content (AvgIpc) is 2.60. The van der Waals surface area contributed by atoms with Gasteiger partial charge in [0.25, 0.3) is 5.69 Å². The van der Waals surface area contributed by atoms with E-state index in [1.165, 1.54) is 6.07 Å². The maximum absolute atomic E-state index is 11.9. The smallest absolute Gasteiger partial charge is 0.290 e. The van der Waals surface area contributed by atoms with Crippen LogP contribution in [0.1, 0.15) is 17.3 Å². The second-order valence-corrected chi connectivity index (χ2v) is 9.56. The lowest BCUT2D eigenvalue weighted by Gasteiger charge is -2.25. The molecule has 0 fully saturated rings. The monoisotopic (exact) mass is 495 g/mol. The Hall–Kier alpha value is -0.800. The molecule has 0 amide bonds. The first-order chi connectivity index (χ1) is 13.1. The Bertz CT molecular complexity index is 980. The van der Waals surface area contributed by atoms with Crippen LogP contribution < -0.4 is 10.6 Å². The summed E-state index contributed by atoms with van der Waals surface area (Å²) in [4.78, 5) is 11.6. The summed E-state index contributed by atoms with van der Waals surface area (Å²) >= 11 is 32.8. The van der Waals surface area contributed by atoms with Gasteiger partial charge < -0.3 is 5.32 Å². The Kier molecular flexibility index (Phi) is 6.66. The van der Waals surface area contributed by atoms with E-state index in [1.54, 1.807) is 24.4 Å². The zero-order valence-electron chi connectivity index (χ0n) is 13.9. The molecule has 2 aromatic carbocycles. The first-order valence-electron chi connectivity index (χ1n) is 7.86. The fourth-order valence-electron chi connectivity index (χ4n) is 3.00. The average molecular weight is 497 g/mol. The van der Waals surface area contributed by atoms with Gasteiger partial charge in [-0.15, -0.1) is 25.3 Å². The van der Waals surface area contributed by atoms with Crippen molar-refractivity contribution in [1.29, 1.82) is 0 Å². The standard InChI is InChI=1S/C17H13Cl4N3O2S2/c18-8-2-3-9(11(6-8)16-22-4-1-5-23-16)10-7-12(27)13(17(19,20)21)15(28)14(10)24(25)26/h1-4,6-7,16,22-23,27-28H,5H2. The number of nitrogens with one attached hydrogen (secondary N) is 2. The number of nitro groups is 1. The van der Waals surface area contributed by atoms with Crippen molar-refractivity contribution in [3.05, 3.63) is 62.8 Å². The molecule has 28 heavy (non-hydrogen) atoms. The molecule has 2 N–H and O–H groups in total.